The molecule has 3 nitrogen and oxygen atoms in total. The molecule has 1 N–H and O–H groups in total. The van der Waals surface area contributed by atoms with E-state index < -0.39 is 5.97 Å². The summed E-state index contributed by atoms with van der Waals surface area (Å²) in [5.74, 6) is -0.0664. The van der Waals surface area contributed by atoms with Crippen molar-refractivity contribution in [3.63, 3.8) is 0 Å². The Hall–Kier alpha value is -0.570. The molecule has 1 fully saturated rings. The maximum atomic E-state index is 10.7. The topological polar surface area (TPSA) is 40.5 Å². The lowest BCUT2D eigenvalue weighted by Gasteiger charge is -2.19. The Kier molecular flexibility index (Phi) is 3.72. The molecule has 1 rings (SSSR count). The second-order valence-corrected chi connectivity index (χ2v) is 4.10. The lowest BCUT2D eigenvalue weighted by Crippen LogP contribution is -2.27. The maximum Gasteiger partial charge on any atom is 0.307 e. The molecule has 0 aromatic heterocycles. The molecule has 76 valence electrons. The van der Waals surface area contributed by atoms with E-state index in [2.05, 4.69) is 18.7 Å². The predicted molar refractivity (Wildman–Crippen MR) is 51.6 cm³/mol. The highest BCUT2D eigenvalue weighted by Gasteiger charge is 2.27. The molecule has 1 aliphatic rings. The summed E-state index contributed by atoms with van der Waals surface area (Å²) in [7, 11) is 0. The number of carbonyl (C=O) groups is 1. The van der Waals surface area contributed by atoms with Crippen LogP contribution in [0.1, 0.15) is 26.7 Å². The monoisotopic (exact) mass is 185 g/mol. The van der Waals surface area contributed by atoms with Crippen LogP contribution in [0.2, 0.25) is 0 Å². The number of nitrogens with zero attached hydrogens (tertiary/aromatic N) is 1. The van der Waals surface area contributed by atoms with Gasteiger partial charge in [-0.1, -0.05) is 20.3 Å². The second-order valence-electron chi connectivity index (χ2n) is 4.10. The standard InChI is InChI=1S/C10H19NO2/c1-3-8(2)6-11-5-4-9(7-11)10(12)13/h8-9H,3-7H2,1-2H3,(H,12,13). The normalized spacial score (nSPS) is 26.2. The minimum absolute atomic E-state index is 0.121. The molecule has 13 heavy (non-hydrogen) atoms. The maximum absolute atomic E-state index is 10.7. The van der Waals surface area contributed by atoms with Crippen LogP contribution in [0.25, 0.3) is 0 Å². The average Bonchev–Trinajstić information content (AvgIpc) is 2.52. The number of carboxylic acids is 1. The third-order valence-corrected chi connectivity index (χ3v) is 2.89. The van der Waals surface area contributed by atoms with Gasteiger partial charge in [0.1, 0.15) is 0 Å². The highest BCUT2D eigenvalue weighted by Crippen LogP contribution is 2.18. The van der Waals surface area contributed by atoms with Crippen LogP contribution in [0.4, 0.5) is 0 Å². The summed E-state index contributed by atoms with van der Waals surface area (Å²) < 4.78 is 0. The van der Waals surface area contributed by atoms with Crippen molar-refractivity contribution in [2.75, 3.05) is 19.6 Å². The number of aliphatic carboxylic acids is 1. The van der Waals surface area contributed by atoms with Gasteiger partial charge >= 0.3 is 5.97 Å². The van der Waals surface area contributed by atoms with E-state index in [0.29, 0.717) is 5.92 Å². The summed E-state index contributed by atoms with van der Waals surface area (Å²) in [5, 5.41) is 8.80. The van der Waals surface area contributed by atoms with Gasteiger partial charge in [-0.05, 0) is 18.9 Å². The lowest BCUT2D eigenvalue weighted by atomic mass is 10.1. The molecule has 0 radical (unpaired) electrons. The van der Waals surface area contributed by atoms with Gasteiger partial charge in [-0.3, -0.25) is 4.79 Å². The molecule has 0 aromatic carbocycles. The van der Waals surface area contributed by atoms with Crippen molar-refractivity contribution >= 4 is 5.97 Å². The molecular weight excluding hydrogens is 166 g/mol. The summed E-state index contributed by atoms with van der Waals surface area (Å²) in [6, 6.07) is 0. The largest absolute Gasteiger partial charge is 0.481 e. The van der Waals surface area contributed by atoms with Crippen molar-refractivity contribution in [3.05, 3.63) is 0 Å². The second kappa shape index (κ2) is 4.61. The van der Waals surface area contributed by atoms with Crippen LogP contribution in [0.3, 0.4) is 0 Å². The molecule has 0 aromatic rings. The van der Waals surface area contributed by atoms with E-state index in [1.807, 2.05) is 0 Å². The van der Waals surface area contributed by atoms with Crippen LogP contribution in [0.5, 0.6) is 0 Å². The molecule has 1 aliphatic heterocycles. The molecule has 3 heteroatoms. The minimum atomic E-state index is -0.633. The van der Waals surface area contributed by atoms with Crippen molar-refractivity contribution in [1.82, 2.24) is 4.90 Å². The number of likely N-dealkylation sites (tertiary alicyclic amines) is 1. The first-order valence-electron chi connectivity index (χ1n) is 5.08. The molecule has 0 bridgehead atoms. The summed E-state index contributed by atoms with van der Waals surface area (Å²) in [6.45, 7) is 7.16. The zero-order valence-electron chi connectivity index (χ0n) is 8.49. The fourth-order valence-corrected chi connectivity index (χ4v) is 1.77. The zero-order chi connectivity index (χ0) is 9.84. The SMILES string of the molecule is CCC(C)CN1CCC(C(=O)O)C1. The predicted octanol–water partition coefficient (Wildman–Crippen LogP) is 1.44. The van der Waals surface area contributed by atoms with Gasteiger partial charge in [0.25, 0.3) is 0 Å². The third kappa shape index (κ3) is 2.99. The number of carboxylic acid groups (broad SMARTS) is 1. The van der Waals surface area contributed by atoms with E-state index in [0.717, 1.165) is 26.1 Å². The summed E-state index contributed by atoms with van der Waals surface area (Å²) in [4.78, 5) is 12.9. The van der Waals surface area contributed by atoms with Crippen molar-refractivity contribution in [2.45, 2.75) is 26.7 Å². The van der Waals surface area contributed by atoms with E-state index in [-0.39, 0.29) is 5.92 Å². The quantitative estimate of drug-likeness (QED) is 0.720. The fourth-order valence-electron chi connectivity index (χ4n) is 1.77. The first-order chi connectivity index (χ1) is 6.13. The van der Waals surface area contributed by atoms with E-state index in [4.69, 9.17) is 5.11 Å². The number of rotatable bonds is 4. The van der Waals surface area contributed by atoms with Crippen LogP contribution in [-0.4, -0.2) is 35.6 Å². The van der Waals surface area contributed by atoms with E-state index in [9.17, 15) is 4.79 Å². The summed E-state index contributed by atoms with van der Waals surface area (Å²) >= 11 is 0. The molecule has 2 unspecified atom stereocenters. The Labute approximate surface area is 79.7 Å². The molecule has 2 atom stereocenters. The number of hydrogen-bond donors (Lipinski definition) is 1. The summed E-state index contributed by atoms with van der Waals surface area (Å²) in [5.41, 5.74) is 0. The first kappa shape index (κ1) is 10.5. The Morgan fingerprint density at radius 2 is 2.38 bits per heavy atom. The Bertz CT molecular complexity index is 182. The van der Waals surface area contributed by atoms with Gasteiger partial charge in [-0.15, -0.1) is 0 Å². The average molecular weight is 185 g/mol. The van der Waals surface area contributed by atoms with Gasteiger partial charge in [-0.2, -0.15) is 0 Å². The highest BCUT2D eigenvalue weighted by molar-refractivity contribution is 5.70. The van der Waals surface area contributed by atoms with E-state index in [1.54, 1.807) is 0 Å². The fraction of sp³-hybridized carbons (Fsp3) is 0.900. The lowest BCUT2D eigenvalue weighted by molar-refractivity contribution is -0.141. The molecule has 1 heterocycles. The van der Waals surface area contributed by atoms with Gasteiger partial charge in [0.2, 0.25) is 0 Å². The van der Waals surface area contributed by atoms with E-state index in [1.165, 1.54) is 6.42 Å². The summed E-state index contributed by atoms with van der Waals surface area (Å²) in [6.07, 6.45) is 2.00. The Morgan fingerprint density at radius 3 is 2.85 bits per heavy atom. The van der Waals surface area contributed by atoms with Gasteiger partial charge in [0, 0.05) is 13.1 Å². The molecule has 0 saturated carbocycles. The Balaban J connectivity index is 2.29. The van der Waals surface area contributed by atoms with Crippen LogP contribution in [-0.2, 0) is 4.79 Å². The van der Waals surface area contributed by atoms with Gasteiger partial charge in [0.15, 0.2) is 0 Å². The van der Waals surface area contributed by atoms with Crippen molar-refractivity contribution in [2.24, 2.45) is 11.8 Å². The van der Waals surface area contributed by atoms with Crippen LogP contribution < -0.4 is 0 Å². The van der Waals surface area contributed by atoms with Gasteiger partial charge in [0.05, 0.1) is 5.92 Å². The minimum Gasteiger partial charge on any atom is -0.481 e. The molecule has 0 aliphatic carbocycles. The zero-order valence-corrected chi connectivity index (χ0v) is 8.49. The van der Waals surface area contributed by atoms with Gasteiger partial charge in [-0.25, -0.2) is 0 Å². The van der Waals surface area contributed by atoms with Crippen LogP contribution in [0.15, 0.2) is 0 Å². The van der Waals surface area contributed by atoms with Gasteiger partial charge < -0.3 is 10.0 Å². The van der Waals surface area contributed by atoms with Crippen molar-refractivity contribution in [3.8, 4) is 0 Å². The van der Waals surface area contributed by atoms with Crippen molar-refractivity contribution < 1.29 is 9.90 Å². The molecular formula is C10H19NO2. The highest BCUT2D eigenvalue weighted by atomic mass is 16.4. The van der Waals surface area contributed by atoms with Crippen molar-refractivity contribution in [1.29, 1.82) is 0 Å². The molecule has 0 spiro atoms. The third-order valence-electron chi connectivity index (χ3n) is 2.89. The van der Waals surface area contributed by atoms with Crippen LogP contribution >= 0.6 is 0 Å². The molecule has 1 saturated heterocycles. The smallest absolute Gasteiger partial charge is 0.307 e. The van der Waals surface area contributed by atoms with E-state index >= 15 is 0 Å². The first-order valence-corrected chi connectivity index (χ1v) is 5.08. The van der Waals surface area contributed by atoms with Crippen LogP contribution in [0, 0.1) is 11.8 Å². The number of hydrogen-bond acceptors (Lipinski definition) is 2. The molecule has 0 amide bonds. The Morgan fingerprint density at radius 1 is 1.69 bits per heavy atom.